The van der Waals surface area contributed by atoms with Crippen LogP contribution >= 0.6 is 23.2 Å². The number of benzene rings is 2. The van der Waals surface area contributed by atoms with Crippen molar-refractivity contribution < 1.29 is 0 Å². The normalized spacial score (nSPS) is 17.9. The third kappa shape index (κ3) is 2.22. The van der Waals surface area contributed by atoms with E-state index in [2.05, 4.69) is 39.6 Å². The van der Waals surface area contributed by atoms with Gasteiger partial charge in [-0.3, -0.25) is 0 Å². The minimum absolute atomic E-state index is 0.0832. The number of fused-ring (bicyclic) bond motifs is 2. The van der Waals surface area contributed by atoms with Crippen LogP contribution in [-0.2, 0) is 6.42 Å². The third-order valence-electron chi connectivity index (χ3n) is 3.92. The van der Waals surface area contributed by atoms with E-state index in [4.69, 9.17) is 23.2 Å². The molecule has 2 aromatic carbocycles. The van der Waals surface area contributed by atoms with Crippen molar-refractivity contribution in [2.45, 2.75) is 12.5 Å². The topological polar surface area (TPSA) is 40.7 Å². The molecule has 4 rings (SSSR count). The van der Waals surface area contributed by atoms with Gasteiger partial charge in [0.1, 0.15) is 5.82 Å². The van der Waals surface area contributed by atoms with Crippen LogP contribution < -0.4 is 5.32 Å². The van der Waals surface area contributed by atoms with E-state index >= 15 is 0 Å². The average Bonchev–Trinajstić information content (AvgIpc) is 2.90. The molecular formula is C16H13Cl2N3. The summed E-state index contributed by atoms with van der Waals surface area (Å²) >= 11 is 12.1. The molecule has 3 aromatic rings. The number of H-pyrrole nitrogens is 1. The average molecular weight is 318 g/mol. The van der Waals surface area contributed by atoms with E-state index in [0.717, 1.165) is 29.8 Å². The van der Waals surface area contributed by atoms with Gasteiger partial charge in [-0.2, -0.15) is 0 Å². The van der Waals surface area contributed by atoms with Crippen molar-refractivity contribution in [1.82, 2.24) is 15.3 Å². The molecule has 0 saturated heterocycles. The van der Waals surface area contributed by atoms with Crippen LogP contribution in [0.5, 0.6) is 0 Å². The molecule has 1 unspecified atom stereocenters. The molecule has 106 valence electrons. The highest BCUT2D eigenvalue weighted by Crippen LogP contribution is 2.31. The summed E-state index contributed by atoms with van der Waals surface area (Å²) in [7, 11) is 0. The van der Waals surface area contributed by atoms with Gasteiger partial charge in [-0.15, -0.1) is 0 Å². The maximum absolute atomic E-state index is 6.07. The Hall–Kier alpha value is -1.55. The molecule has 0 amide bonds. The van der Waals surface area contributed by atoms with Gasteiger partial charge < -0.3 is 10.3 Å². The van der Waals surface area contributed by atoms with Gasteiger partial charge in [0.2, 0.25) is 0 Å². The first-order valence-corrected chi connectivity index (χ1v) is 7.64. The first-order valence-electron chi connectivity index (χ1n) is 6.88. The number of halogens is 2. The monoisotopic (exact) mass is 317 g/mol. The zero-order chi connectivity index (χ0) is 14.4. The highest BCUT2D eigenvalue weighted by molar-refractivity contribution is 6.42. The molecule has 0 aliphatic carbocycles. The van der Waals surface area contributed by atoms with Crippen LogP contribution in [-0.4, -0.2) is 16.5 Å². The zero-order valence-electron chi connectivity index (χ0n) is 11.2. The number of hydrogen-bond donors (Lipinski definition) is 2. The minimum Gasteiger partial charge on any atom is -0.340 e. The SMILES string of the molecule is Clc1cc2nc(C3NCCc4ccccc43)[nH]c2cc1Cl. The molecule has 5 heteroatoms. The molecular weight excluding hydrogens is 305 g/mol. The van der Waals surface area contributed by atoms with Crippen LogP contribution in [0.2, 0.25) is 10.0 Å². The molecule has 0 spiro atoms. The van der Waals surface area contributed by atoms with Gasteiger partial charge in [-0.1, -0.05) is 47.5 Å². The van der Waals surface area contributed by atoms with Crippen molar-refractivity contribution in [3.8, 4) is 0 Å². The molecule has 1 aliphatic rings. The second kappa shape index (κ2) is 5.02. The molecule has 3 nitrogen and oxygen atoms in total. The second-order valence-electron chi connectivity index (χ2n) is 5.24. The number of rotatable bonds is 1. The first kappa shape index (κ1) is 13.1. The third-order valence-corrected chi connectivity index (χ3v) is 4.65. The summed E-state index contributed by atoms with van der Waals surface area (Å²) < 4.78 is 0. The lowest BCUT2D eigenvalue weighted by atomic mass is 9.94. The van der Waals surface area contributed by atoms with E-state index in [0.29, 0.717) is 10.0 Å². The van der Waals surface area contributed by atoms with Gasteiger partial charge in [0.05, 0.1) is 27.1 Å². The number of aromatic amines is 1. The van der Waals surface area contributed by atoms with E-state index in [1.807, 2.05) is 6.07 Å². The lowest BCUT2D eigenvalue weighted by Crippen LogP contribution is -2.31. The molecule has 2 heterocycles. The van der Waals surface area contributed by atoms with Crippen molar-refractivity contribution in [2.24, 2.45) is 0 Å². The summed E-state index contributed by atoms with van der Waals surface area (Å²) in [4.78, 5) is 8.03. The summed E-state index contributed by atoms with van der Waals surface area (Å²) in [6, 6.07) is 12.2. The van der Waals surface area contributed by atoms with Crippen LogP contribution in [0.3, 0.4) is 0 Å². The van der Waals surface area contributed by atoms with Gasteiger partial charge in [-0.05, 0) is 29.7 Å². The molecule has 21 heavy (non-hydrogen) atoms. The fourth-order valence-corrected chi connectivity index (χ4v) is 3.23. The molecule has 0 saturated carbocycles. The predicted molar refractivity (Wildman–Crippen MR) is 86.1 cm³/mol. The Morgan fingerprint density at radius 2 is 1.90 bits per heavy atom. The van der Waals surface area contributed by atoms with Gasteiger partial charge in [0.15, 0.2) is 0 Å². The highest BCUT2D eigenvalue weighted by Gasteiger charge is 2.23. The maximum Gasteiger partial charge on any atom is 0.129 e. The molecule has 0 radical (unpaired) electrons. The van der Waals surface area contributed by atoms with Crippen LogP contribution in [0.1, 0.15) is 23.0 Å². The minimum atomic E-state index is 0.0832. The summed E-state index contributed by atoms with van der Waals surface area (Å²) in [6.07, 6.45) is 1.05. The van der Waals surface area contributed by atoms with Crippen LogP contribution in [0.25, 0.3) is 11.0 Å². The van der Waals surface area contributed by atoms with E-state index < -0.39 is 0 Å². The fraction of sp³-hybridized carbons (Fsp3) is 0.188. The number of imidazole rings is 1. The Labute approximate surface area is 132 Å². The Morgan fingerprint density at radius 3 is 2.81 bits per heavy atom. The van der Waals surface area contributed by atoms with Crippen molar-refractivity contribution in [3.05, 3.63) is 63.4 Å². The number of hydrogen-bond acceptors (Lipinski definition) is 2. The van der Waals surface area contributed by atoms with Crippen LogP contribution in [0.4, 0.5) is 0 Å². The first-order chi connectivity index (χ1) is 10.2. The van der Waals surface area contributed by atoms with Gasteiger partial charge in [-0.25, -0.2) is 4.98 Å². The predicted octanol–water partition coefficient (Wildman–Crippen LogP) is 4.10. The van der Waals surface area contributed by atoms with Gasteiger partial charge in [0.25, 0.3) is 0 Å². The van der Waals surface area contributed by atoms with Crippen LogP contribution in [0.15, 0.2) is 36.4 Å². The second-order valence-corrected chi connectivity index (χ2v) is 6.06. The van der Waals surface area contributed by atoms with E-state index in [1.54, 1.807) is 6.07 Å². The summed E-state index contributed by atoms with van der Waals surface area (Å²) in [5.74, 6) is 0.899. The fourth-order valence-electron chi connectivity index (χ4n) is 2.91. The van der Waals surface area contributed by atoms with Crippen molar-refractivity contribution >= 4 is 34.2 Å². The summed E-state index contributed by atoms with van der Waals surface area (Å²) in [5.41, 5.74) is 4.39. The van der Waals surface area contributed by atoms with Crippen molar-refractivity contribution in [3.63, 3.8) is 0 Å². The molecule has 2 N–H and O–H groups in total. The Morgan fingerprint density at radius 1 is 1.10 bits per heavy atom. The smallest absolute Gasteiger partial charge is 0.129 e. The molecule has 0 bridgehead atoms. The summed E-state index contributed by atoms with van der Waals surface area (Å²) in [5, 5.41) is 4.59. The van der Waals surface area contributed by atoms with E-state index in [-0.39, 0.29) is 6.04 Å². The lowest BCUT2D eigenvalue weighted by Gasteiger charge is -2.25. The number of aromatic nitrogens is 2. The molecule has 1 aromatic heterocycles. The molecule has 0 fully saturated rings. The zero-order valence-corrected chi connectivity index (χ0v) is 12.7. The van der Waals surface area contributed by atoms with Crippen LogP contribution in [0, 0.1) is 0 Å². The molecule has 1 atom stereocenters. The summed E-state index contributed by atoms with van der Waals surface area (Å²) in [6.45, 7) is 0.945. The maximum atomic E-state index is 6.07. The standard InChI is InChI=1S/C16H13Cl2N3/c17-11-7-13-14(8-12(11)18)21-16(20-13)15-10-4-2-1-3-9(10)5-6-19-15/h1-4,7-8,15,19H,5-6H2,(H,20,21). The Kier molecular flexibility index (Phi) is 3.14. The van der Waals surface area contributed by atoms with Crippen molar-refractivity contribution in [1.29, 1.82) is 0 Å². The number of nitrogens with one attached hydrogen (secondary N) is 2. The lowest BCUT2D eigenvalue weighted by molar-refractivity contribution is 0.549. The van der Waals surface area contributed by atoms with E-state index in [9.17, 15) is 0 Å². The Balaban J connectivity index is 1.84. The highest BCUT2D eigenvalue weighted by atomic mass is 35.5. The van der Waals surface area contributed by atoms with Crippen molar-refractivity contribution in [2.75, 3.05) is 6.54 Å². The van der Waals surface area contributed by atoms with Gasteiger partial charge in [0, 0.05) is 6.54 Å². The quantitative estimate of drug-likeness (QED) is 0.709. The Bertz CT molecular complexity index is 787. The molecule has 1 aliphatic heterocycles. The van der Waals surface area contributed by atoms with Gasteiger partial charge >= 0.3 is 0 Å². The van der Waals surface area contributed by atoms with E-state index in [1.165, 1.54) is 11.1 Å². The largest absolute Gasteiger partial charge is 0.340 e. The number of nitrogens with zero attached hydrogens (tertiary/aromatic N) is 1.